The van der Waals surface area contributed by atoms with Gasteiger partial charge in [0.05, 0.1) is 32.9 Å². The summed E-state index contributed by atoms with van der Waals surface area (Å²) in [7, 11) is 3.02. The van der Waals surface area contributed by atoms with E-state index in [-0.39, 0.29) is 18.4 Å². The maximum Gasteiger partial charge on any atom is 0.309 e. The van der Waals surface area contributed by atoms with Gasteiger partial charge >= 0.3 is 5.97 Å². The summed E-state index contributed by atoms with van der Waals surface area (Å²) in [5.41, 5.74) is 1.70. The van der Waals surface area contributed by atoms with Gasteiger partial charge in [0.15, 0.2) is 6.61 Å². The van der Waals surface area contributed by atoms with Crippen molar-refractivity contribution >= 4 is 17.6 Å². The molecule has 0 saturated carbocycles. The average molecular weight is 415 g/mol. The van der Waals surface area contributed by atoms with Gasteiger partial charge in [-0.25, -0.2) is 0 Å². The van der Waals surface area contributed by atoms with Crippen molar-refractivity contribution in [2.45, 2.75) is 32.6 Å². The zero-order chi connectivity index (χ0) is 22.1. The second kappa shape index (κ2) is 10.5. The number of carbonyl (C=O) groups excluding carboxylic acids is 2. The van der Waals surface area contributed by atoms with E-state index >= 15 is 0 Å². The van der Waals surface area contributed by atoms with Crippen LogP contribution in [-0.2, 0) is 19.7 Å². The fourth-order valence-corrected chi connectivity index (χ4v) is 2.62. The lowest BCUT2D eigenvalue weighted by molar-refractivity contribution is -0.147. The van der Waals surface area contributed by atoms with E-state index in [1.54, 1.807) is 18.2 Å². The third-order valence-electron chi connectivity index (χ3n) is 4.34. The predicted molar refractivity (Wildman–Crippen MR) is 114 cm³/mol. The Morgan fingerprint density at radius 1 is 0.933 bits per heavy atom. The number of rotatable bonds is 9. The molecule has 0 atom stereocenters. The minimum atomic E-state index is -0.519. The standard InChI is InChI=1S/C23H29NO6/c1-23(2,3)16-6-8-17(9-7-16)29-13-12-22(26)30-15-21(25)24-19-14-18(27-4)10-11-20(19)28-5/h6-11,14H,12-13,15H2,1-5H3,(H,24,25). The molecule has 0 unspecified atom stereocenters. The normalized spacial score (nSPS) is 10.8. The van der Waals surface area contributed by atoms with Crippen molar-refractivity contribution in [2.24, 2.45) is 0 Å². The summed E-state index contributed by atoms with van der Waals surface area (Å²) >= 11 is 0. The average Bonchev–Trinajstić information content (AvgIpc) is 2.72. The Morgan fingerprint density at radius 3 is 2.20 bits per heavy atom. The lowest BCUT2D eigenvalue weighted by Gasteiger charge is -2.19. The molecule has 2 aromatic rings. The lowest BCUT2D eigenvalue weighted by atomic mass is 9.87. The Morgan fingerprint density at radius 2 is 1.60 bits per heavy atom. The van der Waals surface area contributed by atoms with E-state index < -0.39 is 18.5 Å². The van der Waals surface area contributed by atoms with E-state index in [9.17, 15) is 9.59 Å². The molecule has 7 nitrogen and oxygen atoms in total. The van der Waals surface area contributed by atoms with Crippen LogP contribution in [0.2, 0.25) is 0 Å². The van der Waals surface area contributed by atoms with Crippen LogP contribution in [0.4, 0.5) is 5.69 Å². The van der Waals surface area contributed by atoms with E-state index in [1.807, 2.05) is 24.3 Å². The third kappa shape index (κ3) is 6.99. The van der Waals surface area contributed by atoms with Gasteiger partial charge in [0.1, 0.15) is 17.2 Å². The van der Waals surface area contributed by atoms with Crippen molar-refractivity contribution in [3.63, 3.8) is 0 Å². The number of anilines is 1. The van der Waals surface area contributed by atoms with Crippen LogP contribution in [0.5, 0.6) is 17.2 Å². The van der Waals surface area contributed by atoms with Crippen LogP contribution >= 0.6 is 0 Å². The molecule has 1 amide bonds. The molecular formula is C23H29NO6. The fourth-order valence-electron chi connectivity index (χ4n) is 2.62. The monoisotopic (exact) mass is 415 g/mol. The van der Waals surface area contributed by atoms with Gasteiger partial charge in [0.2, 0.25) is 0 Å². The van der Waals surface area contributed by atoms with Crippen molar-refractivity contribution in [3.8, 4) is 17.2 Å². The Bertz CT molecular complexity index is 855. The first-order chi connectivity index (χ1) is 14.2. The Balaban J connectivity index is 1.75. The number of hydrogen-bond acceptors (Lipinski definition) is 6. The summed E-state index contributed by atoms with van der Waals surface area (Å²) in [6.45, 7) is 6.18. The number of carbonyl (C=O) groups is 2. The molecule has 0 aliphatic heterocycles. The molecule has 0 aliphatic rings. The summed E-state index contributed by atoms with van der Waals surface area (Å²) in [6, 6.07) is 12.8. The van der Waals surface area contributed by atoms with Gasteiger partial charge in [0.25, 0.3) is 5.91 Å². The molecule has 2 aromatic carbocycles. The van der Waals surface area contributed by atoms with E-state index in [2.05, 4.69) is 26.1 Å². The van der Waals surface area contributed by atoms with Crippen LogP contribution < -0.4 is 19.5 Å². The number of hydrogen-bond donors (Lipinski definition) is 1. The van der Waals surface area contributed by atoms with Crippen LogP contribution in [0.3, 0.4) is 0 Å². The van der Waals surface area contributed by atoms with Crippen molar-refractivity contribution in [1.29, 1.82) is 0 Å². The van der Waals surface area contributed by atoms with Crippen LogP contribution in [0.1, 0.15) is 32.8 Å². The van der Waals surface area contributed by atoms with Gasteiger partial charge in [-0.15, -0.1) is 0 Å². The molecule has 1 N–H and O–H groups in total. The molecule has 0 aromatic heterocycles. The predicted octanol–water partition coefficient (Wildman–Crippen LogP) is 3.95. The summed E-state index contributed by atoms with van der Waals surface area (Å²) in [5.74, 6) is 0.721. The number of ether oxygens (including phenoxy) is 4. The highest BCUT2D eigenvalue weighted by molar-refractivity contribution is 5.94. The lowest BCUT2D eigenvalue weighted by Crippen LogP contribution is -2.22. The first-order valence-corrected chi connectivity index (χ1v) is 9.64. The second-order valence-corrected chi connectivity index (χ2v) is 7.65. The molecule has 0 fully saturated rings. The summed E-state index contributed by atoms with van der Waals surface area (Å²) < 4.78 is 20.9. The number of methoxy groups -OCH3 is 2. The zero-order valence-electron chi connectivity index (χ0n) is 18.1. The Labute approximate surface area is 177 Å². The van der Waals surface area contributed by atoms with Gasteiger partial charge in [-0.1, -0.05) is 32.9 Å². The minimum Gasteiger partial charge on any atom is -0.497 e. The smallest absolute Gasteiger partial charge is 0.309 e. The number of benzene rings is 2. The van der Waals surface area contributed by atoms with Gasteiger partial charge in [-0.05, 0) is 35.2 Å². The summed E-state index contributed by atoms with van der Waals surface area (Å²) in [4.78, 5) is 23.9. The summed E-state index contributed by atoms with van der Waals surface area (Å²) in [6.07, 6.45) is 0.0385. The highest BCUT2D eigenvalue weighted by Gasteiger charge is 2.14. The number of esters is 1. The summed E-state index contributed by atoms with van der Waals surface area (Å²) in [5, 5.41) is 2.64. The van der Waals surface area contributed by atoms with Crippen LogP contribution in [0, 0.1) is 0 Å². The molecule has 0 radical (unpaired) electrons. The number of amides is 1. The molecule has 162 valence electrons. The first kappa shape index (κ1) is 23.1. The van der Waals surface area contributed by atoms with Crippen molar-refractivity contribution in [3.05, 3.63) is 48.0 Å². The highest BCUT2D eigenvalue weighted by atomic mass is 16.5. The van der Waals surface area contributed by atoms with Gasteiger partial charge < -0.3 is 24.3 Å². The van der Waals surface area contributed by atoms with Gasteiger partial charge in [0, 0.05) is 6.07 Å². The van der Waals surface area contributed by atoms with E-state index in [0.29, 0.717) is 22.9 Å². The van der Waals surface area contributed by atoms with E-state index in [4.69, 9.17) is 18.9 Å². The molecule has 0 spiro atoms. The molecule has 0 aliphatic carbocycles. The fraction of sp³-hybridized carbons (Fsp3) is 0.391. The maximum atomic E-state index is 12.1. The van der Waals surface area contributed by atoms with E-state index in [1.165, 1.54) is 19.8 Å². The molecule has 0 heterocycles. The van der Waals surface area contributed by atoms with Gasteiger partial charge in [-0.2, -0.15) is 0 Å². The second-order valence-electron chi connectivity index (χ2n) is 7.65. The van der Waals surface area contributed by atoms with Crippen LogP contribution in [0.15, 0.2) is 42.5 Å². The van der Waals surface area contributed by atoms with E-state index in [0.717, 1.165) is 0 Å². The molecule has 0 saturated heterocycles. The molecule has 2 rings (SSSR count). The van der Waals surface area contributed by atoms with Crippen LogP contribution in [0.25, 0.3) is 0 Å². The SMILES string of the molecule is COc1ccc(OC)c(NC(=O)COC(=O)CCOc2ccc(C(C)(C)C)cc2)c1. The quantitative estimate of drug-likeness (QED) is 0.625. The molecule has 7 heteroatoms. The largest absolute Gasteiger partial charge is 0.497 e. The van der Waals surface area contributed by atoms with Crippen molar-refractivity contribution in [1.82, 2.24) is 0 Å². The molecule has 30 heavy (non-hydrogen) atoms. The molecular weight excluding hydrogens is 386 g/mol. The van der Waals surface area contributed by atoms with Crippen molar-refractivity contribution in [2.75, 3.05) is 32.8 Å². The highest BCUT2D eigenvalue weighted by Crippen LogP contribution is 2.28. The maximum absolute atomic E-state index is 12.1. The zero-order valence-corrected chi connectivity index (χ0v) is 18.1. The first-order valence-electron chi connectivity index (χ1n) is 9.64. The Kier molecular flexibility index (Phi) is 8.09. The minimum absolute atomic E-state index is 0.0385. The van der Waals surface area contributed by atoms with Crippen molar-refractivity contribution < 1.29 is 28.5 Å². The number of nitrogens with one attached hydrogen (secondary N) is 1. The van der Waals surface area contributed by atoms with Crippen LogP contribution in [-0.4, -0.2) is 39.3 Å². The topological polar surface area (TPSA) is 83.1 Å². The third-order valence-corrected chi connectivity index (χ3v) is 4.34. The molecule has 0 bridgehead atoms. The van der Waals surface area contributed by atoms with Gasteiger partial charge in [-0.3, -0.25) is 9.59 Å². The Hall–Kier alpha value is -3.22.